The first-order valence-electron chi connectivity index (χ1n) is 28.4. The maximum absolute atomic E-state index is 14.9. The van der Waals surface area contributed by atoms with E-state index in [0.29, 0.717) is 30.6 Å². The standard InChI is InChI=1S/C58H93N9O14/c1-19-35(11)47-50(71)59-30-42(68)63(14)45(32(5)6)51(72)60-39(28-37-23-25-38(80-18)26-24-37)58(79)81-49(34(9)10)57(78)67-27-21-22-40(67)53(74)64(15)46(33(7)8)52(73)61-44(31(3)4)55(76)62(13)41(29-43(69)70)54(75)66(17)48(36(12)20-2)56(77)65(47)16/h23-26,31-36,39-41,44-49H,19-22,27-30H2,1-18H3,(H,59,71)(H,60,72)(H,61,73)(H,69,70)/t35-,36-,39-,40-,41-,44-,45-,46-,47-,48-,49+/m0/s1. The van der Waals surface area contributed by atoms with Crippen molar-refractivity contribution >= 4 is 65.1 Å². The summed E-state index contributed by atoms with van der Waals surface area (Å²) >= 11 is 0. The highest BCUT2D eigenvalue weighted by Crippen LogP contribution is 2.28. The van der Waals surface area contributed by atoms with Gasteiger partial charge in [-0.05, 0) is 66.0 Å². The number of nitrogens with one attached hydrogen (secondary N) is 3. The molecule has 0 unspecified atom stereocenters. The van der Waals surface area contributed by atoms with Crippen LogP contribution in [0.15, 0.2) is 24.3 Å². The summed E-state index contributed by atoms with van der Waals surface area (Å²) in [6.07, 6.45) is -1.13. The minimum atomic E-state index is -1.69. The van der Waals surface area contributed by atoms with Crippen LogP contribution in [-0.2, 0) is 63.9 Å². The Balaban J connectivity index is 2.30. The summed E-state index contributed by atoms with van der Waals surface area (Å²) in [7, 11) is 8.24. The van der Waals surface area contributed by atoms with Gasteiger partial charge in [0.2, 0.25) is 47.3 Å². The lowest BCUT2D eigenvalue weighted by atomic mass is 9.92. The van der Waals surface area contributed by atoms with E-state index in [-0.39, 0.29) is 19.4 Å². The Morgan fingerprint density at radius 1 is 0.617 bits per heavy atom. The van der Waals surface area contributed by atoms with Crippen molar-refractivity contribution < 1.29 is 67.3 Å². The number of carboxylic acid groups (broad SMARTS) is 1. The van der Waals surface area contributed by atoms with Crippen LogP contribution in [0.1, 0.15) is 121 Å². The third-order valence-corrected chi connectivity index (χ3v) is 16.0. The molecule has 3 rings (SSSR count). The zero-order valence-electron chi connectivity index (χ0n) is 51.1. The van der Waals surface area contributed by atoms with E-state index in [1.165, 1.54) is 57.0 Å². The maximum atomic E-state index is 14.9. The number of rotatable bonds is 13. The lowest BCUT2D eigenvalue weighted by Crippen LogP contribution is -2.63. The van der Waals surface area contributed by atoms with Crippen molar-refractivity contribution in [2.75, 3.05) is 55.4 Å². The molecule has 0 aliphatic carbocycles. The van der Waals surface area contributed by atoms with Crippen LogP contribution in [0.4, 0.5) is 0 Å². The smallest absolute Gasteiger partial charge is 0.329 e. The Labute approximate surface area is 478 Å². The highest BCUT2D eigenvalue weighted by atomic mass is 16.6. The molecule has 0 aromatic heterocycles. The molecule has 0 saturated carbocycles. The monoisotopic (exact) mass is 1140 g/mol. The molecule has 1 aromatic rings. The van der Waals surface area contributed by atoms with Gasteiger partial charge in [0, 0.05) is 48.2 Å². The van der Waals surface area contributed by atoms with Crippen molar-refractivity contribution in [1.29, 1.82) is 0 Å². The zero-order valence-corrected chi connectivity index (χ0v) is 51.1. The van der Waals surface area contributed by atoms with Gasteiger partial charge < -0.3 is 59.9 Å². The molecule has 2 aliphatic heterocycles. The molecule has 23 nitrogen and oxygen atoms in total. The van der Waals surface area contributed by atoms with Crippen LogP contribution < -0.4 is 20.7 Å². The summed E-state index contributed by atoms with van der Waals surface area (Å²) in [6.45, 7) is 19.9. The number of hydrogen-bond donors (Lipinski definition) is 4. The third kappa shape index (κ3) is 16.9. The summed E-state index contributed by atoms with van der Waals surface area (Å²) in [6, 6.07) is -3.77. The van der Waals surface area contributed by atoms with Crippen LogP contribution in [0.5, 0.6) is 5.75 Å². The van der Waals surface area contributed by atoms with Crippen LogP contribution in [0.25, 0.3) is 0 Å². The molecule has 81 heavy (non-hydrogen) atoms. The van der Waals surface area contributed by atoms with Crippen LogP contribution in [0.2, 0.25) is 0 Å². The van der Waals surface area contributed by atoms with Gasteiger partial charge in [-0.3, -0.25) is 47.9 Å². The largest absolute Gasteiger partial charge is 0.497 e. The van der Waals surface area contributed by atoms with E-state index < -0.39 is 168 Å². The highest BCUT2D eigenvalue weighted by molar-refractivity contribution is 5.99. The van der Waals surface area contributed by atoms with Crippen molar-refractivity contribution in [3.05, 3.63) is 29.8 Å². The first kappa shape index (κ1) is 68.5. The molecule has 0 bridgehead atoms. The third-order valence-electron chi connectivity index (χ3n) is 16.0. The molecule has 23 heteroatoms. The number of esters is 1. The molecule has 1 aromatic carbocycles. The number of likely N-dealkylation sites (N-methyl/N-ethyl adjacent to an activating group) is 5. The van der Waals surface area contributed by atoms with Gasteiger partial charge in [-0.25, -0.2) is 4.79 Å². The van der Waals surface area contributed by atoms with Crippen LogP contribution in [0, 0.1) is 35.5 Å². The molecule has 9 amide bonds. The van der Waals surface area contributed by atoms with Gasteiger partial charge >= 0.3 is 11.9 Å². The number of benzene rings is 1. The number of methoxy groups -OCH3 is 1. The summed E-state index contributed by atoms with van der Waals surface area (Å²) < 4.78 is 11.4. The Hall–Kier alpha value is -6.81. The minimum absolute atomic E-state index is 0.105. The number of hydrogen-bond acceptors (Lipinski definition) is 13. The Kier molecular flexibility index (Phi) is 25.6. The van der Waals surface area contributed by atoms with E-state index in [4.69, 9.17) is 9.47 Å². The number of carbonyl (C=O) groups is 11. The SMILES string of the molecule is CC[C@H](C)[C@H]1C(=O)NCC(=O)N(C)[C@@H](C(C)C)C(=O)N[C@@H](Cc2ccc(OC)cc2)C(=O)O[C@H](C(C)C)C(=O)N2CCC[C@H]2C(=O)N(C)[C@@H](C(C)C)C(=O)N[C@@H](C(C)C)C(=O)N(C)[C@@H](CC(=O)O)C(=O)N(C)[C@@H]([C@@H](C)CC)C(=O)N1C. The molecule has 11 atom stereocenters. The maximum Gasteiger partial charge on any atom is 0.329 e. The first-order valence-corrected chi connectivity index (χ1v) is 28.4. The minimum Gasteiger partial charge on any atom is -0.497 e. The molecule has 454 valence electrons. The number of fused-ring (bicyclic) bond motifs is 1. The number of amides is 9. The van der Waals surface area contributed by atoms with Gasteiger partial charge in [0.25, 0.3) is 5.91 Å². The number of aliphatic carboxylic acids is 1. The van der Waals surface area contributed by atoms with Gasteiger partial charge in [0.15, 0.2) is 6.10 Å². The summed E-state index contributed by atoms with van der Waals surface area (Å²) in [5, 5.41) is 18.4. The van der Waals surface area contributed by atoms with E-state index >= 15 is 0 Å². The van der Waals surface area contributed by atoms with Crippen molar-refractivity contribution in [2.24, 2.45) is 35.5 Å². The molecule has 2 heterocycles. The van der Waals surface area contributed by atoms with E-state index in [1.54, 1.807) is 100 Å². The second kappa shape index (κ2) is 30.3. The predicted octanol–water partition coefficient (Wildman–Crippen LogP) is 2.57. The van der Waals surface area contributed by atoms with Gasteiger partial charge in [0.1, 0.15) is 54.1 Å². The fourth-order valence-corrected chi connectivity index (χ4v) is 10.8. The summed E-state index contributed by atoms with van der Waals surface area (Å²) in [5.41, 5.74) is 0.583. The molecule has 2 fully saturated rings. The molecule has 2 saturated heterocycles. The highest BCUT2D eigenvalue weighted by Gasteiger charge is 2.47. The first-order chi connectivity index (χ1) is 37.8. The Bertz CT molecular complexity index is 2420. The van der Waals surface area contributed by atoms with Crippen LogP contribution >= 0.6 is 0 Å². The molecule has 2 aliphatic rings. The van der Waals surface area contributed by atoms with Crippen molar-refractivity contribution in [1.82, 2.24) is 45.3 Å². The Morgan fingerprint density at radius 2 is 1.14 bits per heavy atom. The normalized spacial score (nSPS) is 26.5. The van der Waals surface area contributed by atoms with E-state index in [0.717, 1.165) is 14.7 Å². The molecule has 4 N–H and O–H groups in total. The second-order valence-electron chi connectivity index (χ2n) is 23.3. The lowest BCUT2D eigenvalue weighted by molar-refractivity contribution is -0.167. The van der Waals surface area contributed by atoms with E-state index in [1.807, 2.05) is 6.92 Å². The fraction of sp³-hybridized carbons (Fsp3) is 0.707. The van der Waals surface area contributed by atoms with Crippen molar-refractivity contribution in [3.63, 3.8) is 0 Å². The number of cyclic esters (lactones) is 1. The van der Waals surface area contributed by atoms with Crippen molar-refractivity contribution in [3.8, 4) is 5.75 Å². The van der Waals surface area contributed by atoms with Gasteiger partial charge in [0.05, 0.1) is 20.1 Å². The average molecular weight is 1140 g/mol. The topological polar surface area (TPSA) is 282 Å². The average Bonchev–Trinajstić information content (AvgIpc) is 3.92. The molecule has 0 spiro atoms. The number of carboxylic acids is 1. The van der Waals surface area contributed by atoms with Gasteiger partial charge in [-0.2, -0.15) is 0 Å². The fourth-order valence-electron chi connectivity index (χ4n) is 10.8. The Morgan fingerprint density at radius 3 is 1.64 bits per heavy atom. The van der Waals surface area contributed by atoms with E-state index in [2.05, 4.69) is 16.0 Å². The molecular weight excluding hydrogens is 1050 g/mol. The van der Waals surface area contributed by atoms with E-state index in [9.17, 15) is 57.8 Å². The second-order valence-corrected chi connectivity index (χ2v) is 23.3. The molecular formula is C58H93N9O14. The van der Waals surface area contributed by atoms with Gasteiger partial charge in [-0.1, -0.05) is 108 Å². The molecule has 0 radical (unpaired) electrons. The van der Waals surface area contributed by atoms with Crippen LogP contribution in [-0.4, -0.2) is 209 Å². The summed E-state index contributed by atoms with van der Waals surface area (Å²) in [5.74, 6) is -12.0. The summed E-state index contributed by atoms with van der Waals surface area (Å²) in [4.78, 5) is 165. The zero-order chi connectivity index (χ0) is 61.7. The quantitative estimate of drug-likeness (QED) is 0.207. The lowest BCUT2D eigenvalue weighted by Gasteiger charge is -2.41. The van der Waals surface area contributed by atoms with Gasteiger partial charge in [-0.15, -0.1) is 0 Å². The van der Waals surface area contributed by atoms with Crippen LogP contribution in [0.3, 0.4) is 0 Å². The predicted molar refractivity (Wildman–Crippen MR) is 301 cm³/mol. The number of ether oxygens (including phenoxy) is 2. The number of carbonyl (C=O) groups excluding carboxylic acids is 10. The number of nitrogens with zero attached hydrogens (tertiary/aromatic N) is 6. The van der Waals surface area contributed by atoms with Crippen molar-refractivity contribution in [2.45, 2.75) is 176 Å².